The first-order chi connectivity index (χ1) is 11.1. The largest absolute Gasteiger partial charge is 0.509 e. The fourth-order valence-electron chi connectivity index (χ4n) is 1.90. The number of carbonyl (C=O) groups excluding carboxylic acids is 1. The van der Waals surface area contributed by atoms with Crippen LogP contribution in [0, 0.1) is 11.6 Å². The zero-order valence-electron chi connectivity index (χ0n) is 12.5. The molecule has 0 heterocycles. The van der Waals surface area contributed by atoms with Gasteiger partial charge in [-0.1, -0.05) is 30.3 Å². The number of carbonyl (C=O) groups is 1. The van der Waals surface area contributed by atoms with E-state index in [-0.39, 0.29) is 18.2 Å². The van der Waals surface area contributed by atoms with Crippen LogP contribution in [0.3, 0.4) is 0 Å². The van der Waals surface area contributed by atoms with Gasteiger partial charge in [-0.2, -0.15) is 0 Å². The van der Waals surface area contributed by atoms with E-state index in [2.05, 4.69) is 0 Å². The Bertz CT molecular complexity index is 664. The summed E-state index contributed by atoms with van der Waals surface area (Å²) in [6.07, 6.45) is 1.76. The van der Waals surface area contributed by atoms with Gasteiger partial charge in [-0.25, -0.2) is 13.6 Å². The molecule has 0 aliphatic heterocycles. The number of rotatable bonds is 5. The van der Waals surface area contributed by atoms with E-state index < -0.39 is 12.3 Å². The van der Waals surface area contributed by atoms with Crippen molar-refractivity contribution in [1.29, 1.82) is 0 Å². The third-order valence-corrected chi connectivity index (χ3v) is 3.02. The van der Waals surface area contributed by atoms with E-state index in [1.165, 1.54) is 36.4 Å². The van der Waals surface area contributed by atoms with E-state index >= 15 is 0 Å². The van der Waals surface area contributed by atoms with E-state index in [4.69, 9.17) is 9.47 Å². The number of halogens is 2. The molecule has 0 aliphatic rings. The molecule has 23 heavy (non-hydrogen) atoms. The molecule has 120 valence electrons. The predicted octanol–water partition coefficient (Wildman–Crippen LogP) is 4.89. The molecule has 2 aromatic carbocycles. The average molecular weight is 318 g/mol. The van der Waals surface area contributed by atoms with E-state index in [9.17, 15) is 13.6 Å². The normalized spacial score (nSPS) is 12.1. The molecule has 0 amide bonds. The Morgan fingerprint density at radius 1 is 1.04 bits per heavy atom. The summed E-state index contributed by atoms with van der Waals surface area (Å²) in [5.74, 6) is -0.717. The number of benzene rings is 2. The lowest BCUT2D eigenvalue weighted by Gasteiger charge is -2.14. The molecule has 0 N–H and O–H groups in total. The molecule has 0 radical (unpaired) electrons. The molecule has 0 spiro atoms. The maximum absolute atomic E-state index is 13.0. The van der Waals surface area contributed by atoms with Crippen LogP contribution in [0.15, 0.2) is 54.6 Å². The summed E-state index contributed by atoms with van der Waals surface area (Å²) in [5, 5.41) is 0. The quantitative estimate of drug-likeness (QED) is 0.736. The van der Waals surface area contributed by atoms with Crippen molar-refractivity contribution in [2.45, 2.75) is 13.0 Å². The van der Waals surface area contributed by atoms with Crippen LogP contribution < -0.4 is 0 Å². The predicted molar refractivity (Wildman–Crippen MR) is 82.7 cm³/mol. The van der Waals surface area contributed by atoms with Crippen LogP contribution in [0.1, 0.15) is 24.2 Å². The van der Waals surface area contributed by atoms with Gasteiger partial charge in [0.25, 0.3) is 0 Å². The van der Waals surface area contributed by atoms with Gasteiger partial charge in [0, 0.05) is 0 Å². The van der Waals surface area contributed by atoms with Crippen molar-refractivity contribution in [3.05, 3.63) is 77.4 Å². The second kappa shape index (κ2) is 8.08. The molecule has 3 nitrogen and oxygen atoms in total. The van der Waals surface area contributed by atoms with Crippen LogP contribution in [0.4, 0.5) is 13.6 Å². The lowest BCUT2D eigenvalue weighted by molar-refractivity contribution is 0.0403. The monoisotopic (exact) mass is 318 g/mol. The van der Waals surface area contributed by atoms with Crippen LogP contribution in [0.25, 0.3) is 6.08 Å². The topological polar surface area (TPSA) is 35.5 Å². The van der Waals surface area contributed by atoms with Crippen molar-refractivity contribution < 1.29 is 23.0 Å². The molecular weight excluding hydrogens is 302 g/mol. The summed E-state index contributed by atoms with van der Waals surface area (Å²) >= 11 is 0. The van der Waals surface area contributed by atoms with Gasteiger partial charge in [-0.05, 0) is 48.4 Å². The van der Waals surface area contributed by atoms with E-state index in [1.807, 2.05) is 0 Å². The molecule has 1 unspecified atom stereocenters. The minimum absolute atomic E-state index is 0.191. The Morgan fingerprint density at radius 2 is 1.61 bits per heavy atom. The van der Waals surface area contributed by atoms with Crippen molar-refractivity contribution in [2.75, 3.05) is 6.61 Å². The smallest absolute Gasteiger partial charge is 0.435 e. The highest BCUT2D eigenvalue weighted by molar-refractivity contribution is 5.61. The molecule has 0 fully saturated rings. The van der Waals surface area contributed by atoms with Crippen LogP contribution in [0.2, 0.25) is 0 Å². The van der Waals surface area contributed by atoms with Crippen molar-refractivity contribution in [3.63, 3.8) is 0 Å². The van der Waals surface area contributed by atoms with Crippen molar-refractivity contribution in [1.82, 2.24) is 0 Å². The lowest BCUT2D eigenvalue weighted by Crippen LogP contribution is -2.11. The number of hydrogen-bond donors (Lipinski definition) is 0. The highest BCUT2D eigenvalue weighted by Gasteiger charge is 2.14. The van der Waals surface area contributed by atoms with Crippen molar-refractivity contribution >= 4 is 12.2 Å². The second-order valence-corrected chi connectivity index (χ2v) is 4.68. The van der Waals surface area contributed by atoms with Crippen LogP contribution in [-0.2, 0) is 9.47 Å². The molecule has 0 aliphatic carbocycles. The minimum atomic E-state index is -0.814. The van der Waals surface area contributed by atoms with Gasteiger partial charge in [0.05, 0.1) is 6.61 Å². The van der Waals surface area contributed by atoms with Crippen LogP contribution in [-0.4, -0.2) is 12.8 Å². The van der Waals surface area contributed by atoms with Crippen LogP contribution >= 0.6 is 0 Å². The highest BCUT2D eigenvalue weighted by Crippen LogP contribution is 2.21. The summed E-state index contributed by atoms with van der Waals surface area (Å²) in [6.45, 7) is 1.86. The van der Waals surface area contributed by atoms with Crippen LogP contribution in [0.5, 0.6) is 0 Å². The SMILES string of the molecule is CCOC(=O)OC(/C=C/c1ccc(F)cc1)c1ccc(F)cc1. The molecule has 2 rings (SSSR count). The Hall–Kier alpha value is -2.69. The standard InChI is InChI=1S/C18H16F2O3/c1-2-22-18(21)23-17(14-6-10-16(20)11-7-14)12-5-13-3-8-15(19)9-4-13/h3-12,17H,2H2,1H3/b12-5+. The Kier molecular flexibility index (Phi) is 5.86. The first-order valence-electron chi connectivity index (χ1n) is 7.11. The van der Waals surface area contributed by atoms with Gasteiger partial charge in [-0.15, -0.1) is 0 Å². The molecule has 5 heteroatoms. The van der Waals surface area contributed by atoms with Gasteiger partial charge >= 0.3 is 6.16 Å². The van der Waals surface area contributed by atoms with Crippen molar-refractivity contribution in [2.24, 2.45) is 0 Å². The number of hydrogen-bond acceptors (Lipinski definition) is 3. The third-order valence-electron chi connectivity index (χ3n) is 3.02. The Labute approximate surface area is 133 Å². The Balaban J connectivity index is 2.20. The maximum atomic E-state index is 13.0. The van der Waals surface area contributed by atoms with E-state index in [1.54, 1.807) is 31.2 Å². The summed E-state index contributed by atoms with van der Waals surface area (Å²) in [7, 11) is 0. The molecule has 0 saturated carbocycles. The van der Waals surface area contributed by atoms with Gasteiger partial charge in [-0.3, -0.25) is 0 Å². The highest BCUT2D eigenvalue weighted by atomic mass is 19.1. The average Bonchev–Trinajstić information content (AvgIpc) is 2.54. The maximum Gasteiger partial charge on any atom is 0.509 e. The molecule has 0 saturated heterocycles. The zero-order valence-corrected chi connectivity index (χ0v) is 12.5. The summed E-state index contributed by atoms with van der Waals surface area (Å²) < 4.78 is 35.9. The minimum Gasteiger partial charge on any atom is -0.435 e. The van der Waals surface area contributed by atoms with Crippen molar-refractivity contribution in [3.8, 4) is 0 Å². The molecule has 0 aromatic heterocycles. The zero-order chi connectivity index (χ0) is 16.7. The first kappa shape index (κ1) is 16.7. The van der Waals surface area contributed by atoms with Gasteiger partial charge in [0.15, 0.2) is 0 Å². The van der Waals surface area contributed by atoms with Gasteiger partial charge in [0.2, 0.25) is 0 Å². The Morgan fingerprint density at radius 3 is 2.17 bits per heavy atom. The number of ether oxygens (including phenoxy) is 2. The fourth-order valence-corrected chi connectivity index (χ4v) is 1.90. The third kappa shape index (κ3) is 5.21. The summed E-state index contributed by atoms with van der Waals surface area (Å²) in [5.41, 5.74) is 1.34. The van der Waals surface area contributed by atoms with E-state index in [0.29, 0.717) is 5.56 Å². The second-order valence-electron chi connectivity index (χ2n) is 4.68. The van der Waals surface area contributed by atoms with E-state index in [0.717, 1.165) is 5.56 Å². The summed E-state index contributed by atoms with van der Waals surface area (Å²) in [4.78, 5) is 11.5. The molecule has 2 aromatic rings. The fraction of sp³-hybridized carbons (Fsp3) is 0.167. The summed E-state index contributed by atoms with van der Waals surface area (Å²) in [6, 6.07) is 11.5. The van der Waals surface area contributed by atoms with Gasteiger partial charge < -0.3 is 9.47 Å². The molecule has 1 atom stereocenters. The lowest BCUT2D eigenvalue weighted by atomic mass is 10.1. The molecule has 0 bridgehead atoms. The first-order valence-corrected chi connectivity index (χ1v) is 7.11. The van der Waals surface area contributed by atoms with Gasteiger partial charge in [0.1, 0.15) is 17.7 Å². The molecular formula is C18H16F2O3.